The number of furan rings is 1. The lowest BCUT2D eigenvalue weighted by molar-refractivity contribution is 0.0434. The minimum atomic E-state index is -0.547. The van der Waals surface area contributed by atoms with Crippen LogP contribution in [0.15, 0.2) is 46.9 Å². The SMILES string of the molecule is CCOc1ccc(C(C)=O)cc1COC(=O)c1oc2ccccc2c1C. The molecule has 0 unspecified atom stereocenters. The highest BCUT2D eigenvalue weighted by molar-refractivity contribution is 5.96. The molecular formula is C21H20O5. The van der Waals surface area contributed by atoms with Crippen LogP contribution in [0.3, 0.4) is 0 Å². The summed E-state index contributed by atoms with van der Waals surface area (Å²) in [5.41, 5.74) is 2.57. The van der Waals surface area contributed by atoms with Gasteiger partial charge in [-0.05, 0) is 45.0 Å². The van der Waals surface area contributed by atoms with Gasteiger partial charge in [-0.15, -0.1) is 0 Å². The first kappa shape index (κ1) is 17.7. The molecular weight excluding hydrogens is 332 g/mol. The van der Waals surface area contributed by atoms with E-state index in [0.717, 1.165) is 10.9 Å². The maximum Gasteiger partial charge on any atom is 0.374 e. The molecule has 0 spiro atoms. The van der Waals surface area contributed by atoms with Crippen molar-refractivity contribution >= 4 is 22.7 Å². The Morgan fingerprint density at radius 2 is 1.88 bits per heavy atom. The quantitative estimate of drug-likeness (QED) is 0.475. The molecule has 3 rings (SSSR count). The molecule has 0 saturated heterocycles. The molecule has 1 heterocycles. The number of benzene rings is 2. The highest BCUT2D eigenvalue weighted by Crippen LogP contribution is 2.27. The van der Waals surface area contributed by atoms with Gasteiger partial charge < -0.3 is 13.9 Å². The lowest BCUT2D eigenvalue weighted by Gasteiger charge is -2.11. The molecule has 0 aliphatic rings. The van der Waals surface area contributed by atoms with Crippen molar-refractivity contribution < 1.29 is 23.5 Å². The van der Waals surface area contributed by atoms with Crippen LogP contribution < -0.4 is 4.74 Å². The van der Waals surface area contributed by atoms with Gasteiger partial charge in [0.2, 0.25) is 5.76 Å². The van der Waals surface area contributed by atoms with Gasteiger partial charge >= 0.3 is 5.97 Å². The highest BCUT2D eigenvalue weighted by Gasteiger charge is 2.19. The Morgan fingerprint density at radius 1 is 1.12 bits per heavy atom. The molecule has 134 valence electrons. The lowest BCUT2D eigenvalue weighted by Crippen LogP contribution is -2.08. The van der Waals surface area contributed by atoms with Crippen molar-refractivity contribution in [3.8, 4) is 5.75 Å². The van der Waals surface area contributed by atoms with Crippen LogP contribution in [-0.4, -0.2) is 18.4 Å². The van der Waals surface area contributed by atoms with E-state index >= 15 is 0 Å². The number of hydrogen-bond acceptors (Lipinski definition) is 5. The van der Waals surface area contributed by atoms with Gasteiger partial charge in [-0.2, -0.15) is 0 Å². The van der Waals surface area contributed by atoms with Crippen LogP contribution >= 0.6 is 0 Å². The summed E-state index contributed by atoms with van der Waals surface area (Å²) in [5.74, 6) is 0.168. The largest absolute Gasteiger partial charge is 0.493 e. The predicted molar refractivity (Wildman–Crippen MR) is 97.7 cm³/mol. The zero-order valence-corrected chi connectivity index (χ0v) is 15.0. The van der Waals surface area contributed by atoms with E-state index < -0.39 is 5.97 Å². The normalized spacial score (nSPS) is 10.7. The van der Waals surface area contributed by atoms with Crippen LogP contribution in [0.1, 0.15) is 45.9 Å². The van der Waals surface area contributed by atoms with Gasteiger partial charge in [-0.25, -0.2) is 4.79 Å². The van der Waals surface area contributed by atoms with Crippen LogP contribution in [0.4, 0.5) is 0 Å². The van der Waals surface area contributed by atoms with E-state index in [-0.39, 0.29) is 18.2 Å². The molecule has 3 aromatic rings. The minimum absolute atomic E-state index is 0.00816. The number of ether oxygens (including phenoxy) is 2. The average Bonchev–Trinajstić information content (AvgIpc) is 2.98. The number of aryl methyl sites for hydroxylation is 1. The van der Waals surface area contributed by atoms with E-state index in [1.54, 1.807) is 18.2 Å². The number of esters is 1. The first-order valence-corrected chi connectivity index (χ1v) is 8.43. The third kappa shape index (κ3) is 3.47. The molecule has 0 N–H and O–H groups in total. The Labute approximate surface area is 151 Å². The fraction of sp³-hybridized carbons (Fsp3) is 0.238. The summed E-state index contributed by atoms with van der Waals surface area (Å²) >= 11 is 0. The molecule has 26 heavy (non-hydrogen) atoms. The zero-order valence-electron chi connectivity index (χ0n) is 15.0. The van der Waals surface area contributed by atoms with E-state index in [0.29, 0.717) is 29.1 Å². The van der Waals surface area contributed by atoms with Gasteiger partial charge in [-0.3, -0.25) is 4.79 Å². The number of ketones is 1. The summed E-state index contributed by atoms with van der Waals surface area (Å²) in [6, 6.07) is 12.5. The first-order valence-electron chi connectivity index (χ1n) is 8.43. The summed E-state index contributed by atoms with van der Waals surface area (Å²) in [6.07, 6.45) is 0. The van der Waals surface area contributed by atoms with Crippen molar-refractivity contribution in [3.63, 3.8) is 0 Å². The summed E-state index contributed by atoms with van der Waals surface area (Å²) < 4.78 is 16.6. The molecule has 0 atom stereocenters. The standard InChI is InChI=1S/C21H20O5/c1-4-24-18-10-9-15(14(3)22)11-16(18)12-25-21(23)20-13(2)17-7-5-6-8-19(17)26-20/h5-11H,4,12H2,1-3H3. The smallest absolute Gasteiger partial charge is 0.374 e. The number of fused-ring (bicyclic) bond motifs is 1. The van der Waals surface area contributed by atoms with Crippen molar-refractivity contribution in [2.75, 3.05) is 6.61 Å². The predicted octanol–water partition coefficient (Wildman–Crippen LogP) is 4.70. The van der Waals surface area contributed by atoms with Gasteiger partial charge in [0.15, 0.2) is 5.78 Å². The third-order valence-electron chi connectivity index (χ3n) is 4.15. The summed E-state index contributed by atoms with van der Waals surface area (Å²) in [5, 5.41) is 0.882. The molecule has 0 aliphatic heterocycles. The topological polar surface area (TPSA) is 65.7 Å². The molecule has 0 radical (unpaired) electrons. The Kier molecular flexibility index (Phi) is 5.07. The maximum absolute atomic E-state index is 12.5. The second-order valence-electron chi connectivity index (χ2n) is 5.94. The van der Waals surface area contributed by atoms with E-state index in [2.05, 4.69) is 0 Å². The molecule has 0 aliphatic carbocycles. The number of hydrogen-bond donors (Lipinski definition) is 0. The summed E-state index contributed by atoms with van der Waals surface area (Å²) in [4.78, 5) is 24.1. The van der Waals surface area contributed by atoms with E-state index in [1.807, 2.05) is 38.1 Å². The molecule has 1 aromatic heterocycles. The van der Waals surface area contributed by atoms with Crippen molar-refractivity contribution in [1.29, 1.82) is 0 Å². The van der Waals surface area contributed by atoms with Crippen molar-refractivity contribution in [1.82, 2.24) is 0 Å². The van der Waals surface area contributed by atoms with Gasteiger partial charge in [0.25, 0.3) is 0 Å². The van der Waals surface area contributed by atoms with E-state index in [1.165, 1.54) is 6.92 Å². The number of carbonyl (C=O) groups is 2. The minimum Gasteiger partial charge on any atom is -0.493 e. The lowest BCUT2D eigenvalue weighted by atomic mass is 10.1. The monoisotopic (exact) mass is 352 g/mol. The Morgan fingerprint density at radius 3 is 2.58 bits per heavy atom. The first-order chi connectivity index (χ1) is 12.5. The Hall–Kier alpha value is -3.08. The number of Topliss-reactive ketones (excluding diaryl/α,β-unsaturated/α-hetero) is 1. The Balaban J connectivity index is 1.83. The molecule has 0 amide bonds. The molecule has 0 bridgehead atoms. The van der Waals surface area contributed by atoms with Gasteiger partial charge in [-0.1, -0.05) is 18.2 Å². The molecule has 0 fully saturated rings. The molecule has 5 nitrogen and oxygen atoms in total. The van der Waals surface area contributed by atoms with Crippen molar-refractivity contribution in [2.45, 2.75) is 27.4 Å². The fourth-order valence-corrected chi connectivity index (χ4v) is 2.79. The number of rotatable bonds is 6. The van der Waals surface area contributed by atoms with Crippen LogP contribution in [0.5, 0.6) is 5.75 Å². The molecule has 2 aromatic carbocycles. The van der Waals surface area contributed by atoms with Gasteiger partial charge in [0.05, 0.1) is 6.61 Å². The third-order valence-corrected chi connectivity index (χ3v) is 4.15. The van der Waals surface area contributed by atoms with Gasteiger partial charge in [0, 0.05) is 22.1 Å². The Bertz CT molecular complexity index is 968. The molecule has 5 heteroatoms. The van der Waals surface area contributed by atoms with Gasteiger partial charge in [0.1, 0.15) is 17.9 Å². The van der Waals surface area contributed by atoms with Crippen molar-refractivity contribution in [3.05, 3.63) is 64.9 Å². The number of carbonyl (C=O) groups excluding carboxylic acids is 2. The zero-order chi connectivity index (χ0) is 18.7. The van der Waals surface area contributed by atoms with Crippen molar-refractivity contribution in [2.24, 2.45) is 0 Å². The summed E-state index contributed by atoms with van der Waals surface area (Å²) in [7, 11) is 0. The van der Waals surface area contributed by atoms with Crippen LogP contribution in [-0.2, 0) is 11.3 Å². The average molecular weight is 352 g/mol. The van der Waals surface area contributed by atoms with Crippen LogP contribution in [0.2, 0.25) is 0 Å². The van der Waals surface area contributed by atoms with E-state index in [9.17, 15) is 9.59 Å². The fourth-order valence-electron chi connectivity index (χ4n) is 2.79. The molecule has 0 saturated carbocycles. The maximum atomic E-state index is 12.5. The highest BCUT2D eigenvalue weighted by atomic mass is 16.5. The second kappa shape index (κ2) is 7.44. The van der Waals surface area contributed by atoms with E-state index in [4.69, 9.17) is 13.9 Å². The van der Waals surface area contributed by atoms with Crippen LogP contribution in [0.25, 0.3) is 11.0 Å². The van der Waals surface area contributed by atoms with Crippen LogP contribution in [0, 0.1) is 6.92 Å². The summed E-state index contributed by atoms with van der Waals surface area (Å²) in [6.45, 7) is 5.65. The second-order valence-corrected chi connectivity index (χ2v) is 5.94. The number of para-hydroxylation sites is 1.